The Morgan fingerprint density at radius 2 is 1.61 bits per heavy atom. The molecule has 162 valence electrons. The van der Waals surface area contributed by atoms with Crippen molar-refractivity contribution in [2.75, 3.05) is 6.54 Å². The molecule has 0 unspecified atom stereocenters. The van der Waals surface area contributed by atoms with Gasteiger partial charge in [0.2, 0.25) is 15.9 Å². The minimum absolute atomic E-state index is 0.0445. The van der Waals surface area contributed by atoms with Gasteiger partial charge in [0.05, 0.1) is 17.5 Å². The summed E-state index contributed by atoms with van der Waals surface area (Å²) in [5, 5.41) is 2.79. The zero-order valence-corrected chi connectivity index (χ0v) is 19.2. The largest absolute Gasteiger partial charge is 0.348 e. The van der Waals surface area contributed by atoms with Crippen molar-refractivity contribution in [3.63, 3.8) is 0 Å². The number of carbonyl (C=O) groups is 1. The van der Waals surface area contributed by atoms with Gasteiger partial charge in [0.1, 0.15) is 5.82 Å². The molecule has 5 nitrogen and oxygen atoms in total. The summed E-state index contributed by atoms with van der Waals surface area (Å²) in [6.45, 7) is 1.46. The normalized spacial score (nSPS) is 12.5. The smallest absolute Gasteiger partial charge is 0.243 e. The lowest BCUT2D eigenvalue weighted by molar-refractivity contribution is -0.122. The van der Waals surface area contributed by atoms with Crippen LogP contribution in [0, 0.1) is 5.82 Å². The van der Waals surface area contributed by atoms with Gasteiger partial charge in [-0.1, -0.05) is 58.4 Å². The van der Waals surface area contributed by atoms with E-state index in [1.54, 1.807) is 49.4 Å². The molecule has 0 fully saturated rings. The maximum absolute atomic E-state index is 13.2. The monoisotopic (exact) mass is 504 g/mol. The topological polar surface area (TPSA) is 66.5 Å². The second-order valence-electron chi connectivity index (χ2n) is 7.05. The number of carbonyl (C=O) groups excluding carboxylic acids is 1. The van der Waals surface area contributed by atoms with Gasteiger partial charge in [0.15, 0.2) is 0 Å². The maximum atomic E-state index is 13.2. The molecule has 0 aliphatic rings. The lowest BCUT2D eigenvalue weighted by atomic mass is 10.1. The fourth-order valence-electron chi connectivity index (χ4n) is 3.04. The minimum Gasteiger partial charge on any atom is -0.348 e. The van der Waals surface area contributed by atoms with Crippen molar-refractivity contribution >= 4 is 31.9 Å². The van der Waals surface area contributed by atoms with Crippen LogP contribution >= 0.6 is 15.9 Å². The third kappa shape index (κ3) is 6.22. The van der Waals surface area contributed by atoms with Crippen LogP contribution in [-0.4, -0.2) is 25.2 Å². The summed E-state index contributed by atoms with van der Waals surface area (Å²) < 4.78 is 41.6. The summed E-state index contributed by atoms with van der Waals surface area (Å²) in [6, 6.07) is 20.7. The van der Waals surface area contributed by atoms with E-state index in [4.69, 9.17) is 0 Å². The van der Waals surface area contributed by atoms with Crippen molar-refractivity contribution in [3.05, 3.63) is 100 Å². The van der Waals surface area contributed by atoms with Crippen LogP contribution in [0.2, 0.25) is 0 Å². The van der Waals surface area contributed by atoms with Crippen LogP contribution in [0.3, 0.4) is 0 Å². The van der Waals surface area contributed by atoms with E-state index in [2.05, 4.69) is 21.2 Å². The van der Waals surface area contributed by atoms with E-state index in [9.17, 15) is 17.6 Å². The highest BCUT2D eigenvalue weighted by molar-refractivity contribution is 9.10. The summed E-state index contributed by atoms with van der Waals surface area (Å²) in [4.78, 5) is 12.8. The van der Waals surface area contributed by atoms with Gasteiger partial charge in [-0.05, 0) is 54.4 Å². The molecule has 0 saturated carbocycles. The Balaban J connectivity index is 1.81. The van der Waals surface area contributed by atoms with E-state index in [1.165, 1.54) is 24.3 Å². The van der Waals surface area contributed by atoms with Gasteiger partial charge in [0.25, 0.3) is 0 Å². The Morgan fingerprint density at radius 3 is 2.23 bits per heavy atom. The van der Waals surface area contributed by atoms with Crippen molar-refractivity contribution in [3.8, 4) is 0 Å². The molecule has 31 heavy (non-hydrogen) atoms. The molecule has 0 bridgehead atoms. The molecule has 1 N–H and O–H groups in total. The molecule has 1 amide bonds. The Morgan fingerprint density at radius 1 is 1.00 bits per heavy atom. The van der Waals surface area contributed by atoms with E-state index in [0.29, 0.717) is 0 Å². The SMILES string of the molecule is C[C@@H](NC(=O)CN(Cc1ccc(Br)cc1)S(=O)(=O)c1ccccc1)c1ccc(F)cc1. The first-order valence-corrected chi connectivity index (χ1v) is 11.8. The van der Waals surface area contributed by atoms with Crippen molar-refractivity contribution < 1.29 is 17.6 Å². The number of hydrogen-bond donors (Lipinski definition) is 1. The highest BCUT2D eigenvalue weighted by atomic mass is 79.9. The van der Waals surface area contributed by atoms with Crippen LogP contribution in [0.1, 0.15) is 24.1 Å². The molecule has 3 aromatic carbocycles. The van der Waals surface area contributed by atoms with Crippen LogP contribution in [-0.2, 0) is 21.4 Å². The van der Waals surface area contributed by atoms with Crippen LogP contribution in [0.15, 0.2) is 88.2 Å². The third-order valence-corrected chi connectivity index (χ3v) is 7.06. The minimum atomic E-state index is -3.90. The highest BCUT2D eigenvalue weighted by Crippen LogP contribution is 2.20. The summed E-state index contributed by atoms with van der Waals surface area (Å²) in [5.41, 5.74) is 1.47. The van der Waals surface area contributed by atoms with Gasteiger partial charge in [0, 0.05) is 11.0 Å². The third-order valence-electron chi connectivity index (χ3n) is 4.72. The zero-order valence-electron chi connectivity index (χ0n) is 16.8. The van der Waals surface area contributed by atoms with Gasteiger partial charge in [-0.3, -0.25) is 4.79 Å². The van der Waals surface area contributed by atoms with E-state index < -0.39 is 22.0 Å². The van der Waals surface area contributed by atoms with Gasteiger partial charge < -0.3 is 5.32 Å². The number of nitrogens with zero attached hydrogens (tertiary/aromatic N) is 1. The molecule has 0 heterocycles. The lowest BCUT2D eigenvalue weighted by Gasteiger charge is -2.23. The standard InChI is InChI=1S/C23H22BrFN2O3S/c1-17(19-9-13-21(25)14-10-19)26-23(28)16-27(15-18-7-11-20(24)12-8-18)31(29,30)22-5-3-2-4-6-22/h2-14,17H,15-16H2,1H3,(H,26,28)/t17-/m1/s1. The van der Waals surface area contributed by atoms with E-state index >= 15 is 0 Å². The van der Waals surface area contributed by atoms with Gasteiger partial charge in [-0.15, -0.1) is 0 Å². The van der Waals surface area contributed by atoms with Crippen molar-refractivity contribution in [2.24, 2.45) is 0 Å². The molecule has 0 aromatic heterocycles. The average molecular weight is 505 g/mol. The molecule has 1 atom stereocenters. The highest BCUT2D eigenvalue weighted by Gasteiger charge is 2.27. The Hall–Kier alpha value is -2.55. The summed E-state index contributed by atoms with van der Waals surface area (Å²) >= 11 is 3.36. The van der Waals surface area contributed by atoms with Crippen LogP contribution in [0.5, 0.6) is 0 Å². The van der Waals surface area contributed by atoms with Gasteiger partial charge >= 0.3 is 0 Å². The van der Waals surface area contributed by atoms with Crippen LogP contribution < -0.4 is 5.32 Å². The fraction of sp³-hybridized carbons (Fsp3) is 0.174. The van der Waals surface area contributed by atoms with Gasteiger partial charge in [-0.25, -0.2) is 12.8 Å². The van der Waals surface area contributed by atoms with Crippen LogP contribution in [0.4, 0.5) is 4.39 Å². The maximum Gasteiger partial charge on any atom is 0.243 e. The van der Waals surface area contributed by atoms with E-state index in [-0.39, 0.29) is 23.8 Å². The number of nitrogens with one attached hydrogen (secondary N) is 1. The molecule has 0 radical (unpaired) electrons. The first kappa shape index (κ1) is 23.1. The van der Waals surface area contributed by atoms with Crippen molar-refractivity contribution in [2.45, 2.75) is 24.4 Å². The Labute approximate surface area is 190 Å². The molecular formula is C23H22BrFN2O3S. The molecule has 0 spiro atoms. The molecule has 0 aliphatic heterocycles. The van der Waals surface area contributed by atoms with Crippen molar-refractivity contribution in [1.29, 1.82) is 0 Å². The number of hydrogen-bond acceptors (Lipinski definition) is 3. The second kappa shape index (κ2) is 10.2. The van der Waals surface area contributed by atoms with E-state index in [1.807, 2.05) is 12.1 Å². The number of rotatable bonds is 8. The number of halogens is 2. The zero-order chi connectivity index (χ0) is 22.4. The Bertz CT molecular complexity index is 1120. The predicted octanol–water partition coefficient (Wildman–Crippen LogP) is 4.66. The predicted molar refractivity (Wildman–Crippen MR) is 121 cm³/mol. The molecule has 3 rings (SSSR count). The Kier molecular flexibility index (Phi) is 7.59. The summed E-state index contributed by atoms with van der Waals surface area (Å²) in [7, 11) is -3.90. The fourth-order valence-corrected chi connectivity index (χ4v) is 4.71. The van der Waals surface area contributed by atoms with Crippen LogP contribution in [0.25, 0.3) is 0 Å². The molecule has 3 aromatic rings. The summed E-state index contributed by atoms with van der Waals surface area (Å²) in [5.74, 6) is -0.814. The van der Waals surface area contributed by atoms with E-state index in [0.717, 1.165) is 19.9 Å². The van der Waals surface area contributed by atoms with Crippen molar-refractivity contribution in [1.82, 2.24) is 9.62 Å². The van der Waals surface area contributed by atoms with Gasteiger partial charge in [-0.2, -0.15) is 4.31 Å². The number of sulfonamides is 1. The first-order chi connectivity index (χ1) is 14.8. The lowest BCUT2D eigenvalue weighted by Crippen LogP contribution is -2.41. The molecule has 0 aliphatic carbocycles. The molecular weight excluding hydrogens is 483 g/mol. The molecule has 8 heteroatoms. The average Bonchev–Trinajstić information content (AvgIpc) is 2.75. The second-order valence-corrected chi connectivity index (χ2v) is 9.91. The number of amides is 1. The summed E-state index contributed by atoms with van der Waals surface area (Å²) in [6.07, 6.45) is 0. The first-order valence-electron chi connectivity index (χ1n) is 9.60. The quantitative estimate of drug-likeness (QED) is 0.485. The number of benzene rings is 3. The molecule has 0 saturated heterocycles.